The number of hydrogen-bond acceptors (Lipinski definition) is 4. The van der Waals surface area contributed by atoms with E-state index in [4.69, 9.17) is 0 Å². The van der Waals surface area contributed by atoms with Crippen molar-refractivity contribution in [2.75, 3.05) is 13.1 Å². The van der Waals surface area contributed by atoms with E-state index in [-0.39, 0.29) is 5.91 Å². The molecule has 1 fully saturated rings. The smallest absolute Gasteiger partial charge is 0.263 e. The Bertz CT molecular complexity index is 794. The molecule has 1 atom stereocenters. The number of nitrogens with zero attached hydrogens (tertiary/aromatic N) is 4. The largest absolute Gasteiger partial charge is 0.337 e. The molecule has 2 aliphatic heterocycles. The molecule has 0 spiro atoms. The molecule has 26 heavy (non-hydrogen) atoms. The summed E-state index contributed by atoms with van der Waals surface area (Å²) in [5.74, 6) is 2.76. The second-order valence-electron chi connectivity index (χ2n) is 7.60. The number of piperidine rings is 1. The fourth-order valence-electron chi connectivity index (χ4n) is 4.31. The molecule has 2 aliphatic rings. The topological polar surface area (TPSA) is 51.0 Å². The van der Waals surface area contributed by atoms with E-state index in [1.54, 1.807) is 11.3 Å². The summed E-state index contributed by atoms with van der Waals surface area (Å²) in [5, 5.41) is 9.00. The average molecular weight is 373 g/mol. The Morgan fingerprint density at radius 3 is 2.92 bits per heavy atom. The highest BCUT2D eigenvalue weighted by Crippen LogP contribution is 2.30. The summed E-state index contributed by atoms with van der Waals surface area (Å²) < 4.78 is 2.34. The molecular formula is C20H28N4OS. The number of carbonyl (C=O) groups excluding carboxylic acids is 1. The van der Waals surface area contributed by atoms with Crippen LogP contribution in [0.4, 0.5) is 0 Å². The van der Waals surface area contributed by atoms with E-state index >= 15 is 0 Å². The monoisotopic (exact) mass is 372 g/mol. The molecule has 1 saturated heterocycles. The second-order valence-corrected chi connectivity index (χ2v) is 8.73. The number of thiophene rings is 1. The van der Waals surface area contributed by atoms with Gasteiger partial charge in [-0.05, 0) is 50.7 Å². The zero-order valence-corrected chi connectivity index (χ0v) is 16.6. The molecule has 0 aromatic carbocycles. The van der Waals surface area contributed by atoms with Gasteiger partial charge in [-0.3, -0.25) is 4.79 Å². The van der Waals surface area contributed by atoms with Crippen LogP contribution in [0, 0.1) is 6.92 Å². The van der Waals surface area contributed by atoms with Crippen molar-refractivity contribution in [3.63, 3.8) is 0 Å². The van der Waals surface area contributed by atoms with Gasteiger partial charge in [-0.15, -0.1) is 21.5 Å². The van der Waals surface area contributed by atoms with E-state index in [0.717, 1.165) is 61.8 Å². The predicted octanol–water partition coefficient (Wildman–Crippen LogP) is 3.96. The van der Waals surface area contributed by atoms with Gasteiger partial charge < -0.3 is 9.47 Å². The molecule has 0 radical (unpaired) electrons. The van der Waals surface area contributed by atoms with Crippen molar-refractivity contribution in [3.8, 4) is 0 Å². The number of aryl methyl sites for hydroxylation is 3. The summed E-state index contributed by atoms with van der Waals surface area (Å²) in [6, 6.07) is 2.07. The van der Waals surface area contributed by atoms with Gasteiger partial charge in [-0.25, -0.2) is 0 Å². The normalized spacial score (nSPS) is 20.7. The lowest BCUT2D eigenvalue weighted by Crippen LogP contribution is -2.39. The Kier molecular flexibility index (Phi) is 5.11. The first-order valence-corrected chi connectivity index (χ1v) is 10.8. The number of likely N-dealkylation sites (tertiary alicyclic amines) is 1. The third kappa shape index (κ3) is 3.31. The van der Waals surface area contributed by atoms with Crippen LogP contribution in [0.2, 0.25) is 0 Å². The zero-order valence-electron chi connectivity index (χ0n) is 15.8. The van der Waals surface area contributed by atoms with Crippen molar-refractivity contribution in [2.24, 2.45) is 0 Å². The highest BCUT2D eigenvalue weighted by atomic mass is 32.1. The fourth-order valence-corrected chi connectivity index (χ4v) is 5.40. The molecule has 1 unspecified atom stereocenters. The van der Waals surface area contributed by atoms with Crippen molar-refractivity contribution in [2.45, 2.75) is 71.3 Å². The molecule has 5 nitrogen and oxygen atoms in total. The van der Waals surface area contributed by atoms with E-state index < -0.39 is 0 Å². The van der Waals surface area contributed by atoms with Crippen LogP contribution in [0.1, 0.15) is 76.7 Å². The van der Waals surface area contributed by atoms with Crippen LogP contribution in [0.3, 0.4) is 0 Å². The molecule has 0 N–H and O–H groups in total. The summed E-state index contributed by atoms with van der Waals surface area (Å²) >= 11 is 1.66. The third-order valence-electron chi connectivity index (χ3n) is 5.76. The number of aromatic nitrogens is 3. The van der Waals surface area contributed by atoms with Crippen LogP contribution < -0.4 is 0 Å². The number of rotatable bonds is 3. The Morgan fingerprint density at radius 1 is 1.23 bits per heavy atom. The summed E-state index contributed by atoms with van der Waals surface area (Å²) in [6.45, 7) is 6.92. The first-order chi connectivity index (χ1) is 12.7. The van der Waals surface area contributed by atoms with Gasteiger partial charge >= 0.3 is 0 Å². The summed E-state index contributed by atoms with van der Waals surface area (Å²) in [6.07, 6.45) is 7.88. The lowest BCUT2D eigenvalue weighted by atomic mass is 9.96. The molecule has 0 bridgehead atoms. The molecule has 0 aliphatic carbocycles. The molecule has 6 heteroatoms. The Labute approximate surface area is 159 Å². The van der Waals surface area contributed by atoms with Crippen molar-refractivity contribution in [1.29, 1.82) is 0 Å². The standard InChI is InChI=1S/C20H28N4OS/c1-3-16-14(2)12-17(26-16)20(25)23-10-7-8-15(13-23)19-22-21-18-9-5-4-6-11-24(18)19/h12,15H,3-11,13H2,1-2H3. The first kappa shape index (κ1) is 17.7. The molecule has 2 aromatic rings. The van der Waals surface area contributed by atoms with Gasteiger partial charge in [-0.2, -0.15) is 0 Å². The van der Waals surface area contributed by atoms with E-state index in [2.05, 4.69) is 34.7 Å². The van der Waals surface area contributed by atoms with Crippen molar-refractivity contribution >= 4 is 17.2 Å². The average Bonchev–Trinajstić information content (AvgIpc) is 3.16. The van der Waals surface area contributed by atoms with E-state index in [9.17, 15) is 4.79 Å². The number of amides is 1. The second kappa shape index (κ2) is 7.51. The molecule has 2 aromatic heterocycles. The quantitative estimate of drug-likeness (QED) is 0.819. The van der Waals surface area contributed by atoms with E-state index in [1.165, 1.54) is 29.7 Å². The highest BCUT2D eigenvalue weighted by molar-refractivity contribution is 7.14. The number of carbonyl (C=O) groups is 1. The minimum atomic E-state index is 0.193. The van der Waals surface area contributed by atoms with Crippen LogP contribution in [0.25, 0.3) is 0 Å². The van der Waals surface area contributed by atoms with E-state index in [0.29, 0.717) is 5.92 Å². The van der Waals surface area contributed by atoms with Gasteiger partial charge in [0.25, 0.3) is 5.91 Å². The first-order valence-electron chi connectivity index (χ1n) is 9.98. The van der Waals surface area contributed by atoms with Crippen LogP contribution in [-0.2, 0) is 19.4 Å². The van der Waals surface area contributed by atoms with Crippen molar-refractivity contribution in [3.05, 3.63) is 33.0 Å². The minimum absolute atomic E-state index is 0.193. The van der Waals surface area contributed by atoms with Gasteiger partial charge in [-0.1, -0.05) is 13.3 Å². The summed E-state index contributed by atoms with van der Waals surface area (Å²) in [5.41, 5.74) is 1.25. The number of hydrogen-bond donors (Lipinski definition) is 0. The van der Waals surface area contributed by atoms with Crippen molar-refractivity contribution in [1.82, 2.24) is 19.7 Å². The Morgan fingerprint density at radius 2 is 2.12 bits per heavy atom. The number of fused-ring (bicyclic) bond motifs is 1. The van der Waals surface area contributed by atoms with Crippen LogP contribution >= 0.6 is 11.3 Å². The maximum Gasteiger partial charge on any atom is 0.263 e. The maximum atomic E-state index is 13.0. The molecule has 4 heterocycles. The maximum absolute atomic E-state index is 13.0. The van der Waals surface area contributed by atoms with Gasteiger partial charge in [0.05, 0.1) is 4.88 Å². The lowest BCUT2D eigenvalue weighted by Gasteiger charge is -2.32. The van der Waals surface area contributed by atoms with Crippen molar-refractivity contribution < 1.29 is 4.79 Å². The SMILES string of the molecule is CCc1sc(C(=O)N2CCCC(c3nnc4n3CCCCC4)C2)cc1C. The minimum Gasteiger partial charge on any atom is -0.337 e. The Balaban J connectivity index is 1.52. The Hall–Kier alpha value is -1.69. The van der Waals surface area contributed by atoms with Gasteiger partial charge in [0, 0.05) is 36.9 Å². The third-order valence-corrected chi connectivity index (χ3v) is 7.13. The van der Waals surface area contributed by atoms with Gasteiger partial charge in [0.15, 0.2) is 0 Å². The highest BCUT2D eigenvalue weighted by Gasteiger charge is 2.30. The molecule has 1 amide bonds. The van der Waals surface area contributed by atoms with Gasteiger partial charge in [0.2, 0.25) is 0 Å². The fraction of sp³-hybridized carbons (Fsp3) is 0.650. The summed E-state index contributed by atoms with van der Waals surface area (Å²) in [7, 11) is 0. The molecule has 0 saturated carbocycles. The van der Waals surface area contributed by atoms with E-state index in [1.807, 2.05) is 4.90 Å². The molecule has 140 valence electrons. The lowest BCUT2D eigenvalue weighted by molar-refractivity contribution is 0.0708. The van der Waals surface area contributed by atoms with Crippen LogP contribution in [0.15, 0.2) is 6.07 Å². The molecular weight excluding hydrogens is 344 g/mol. The van der Waals surface area contributed by atoms with Gasteiger partial charge in [0.1, 0.15) is 11.6 Å². The van der Waals surface area contributed by atoms with Crippen LogP contribution in [-0.4, -0.2) is 38.7 Å². The zero-order chi connectivity index (χ0) is 18.1. The molecule has 4 rings (SSSR count). The predicted molar refractivity (Wildman–Crippen MR) is 104 cm³/mol. The summed E-state index contributed by atoms with van der Waals surface area (Å²) in [4.78, 5) is 17.3. The van der Waals surface area contributed by atoms with Crippen LogP contribution in [0.5, 0.6) is 0 Å².